The van der Waals surface area contributed by atoms with E-state index in [1.54, 1.807) is 26.1 Å². The van der Waals surface area contributed by atoms with E-state index < -0.39 is 16.1 Å². The number of hydrogen-bond donors (Lipinski definition) is 1. The van der Waals surface area contributed by atoms with E-state index in [1.165, 1.54) is 27.8 Å². The number of aliphatic hydroxyl groups is 1. The van der Waals surface area contributed by atoms with Crippen LogP contribution in [0.5, 0.6) is 0 Å². The normalized spacial score (nSPS) is 13.6. The summed E-state index contributed by atoms with van der Waals surface area (Å²) in [5, 5.41) is 11.4. The lowest BCUT2D eigenvalue weighted by Crippen LogP contribution is -2.26. The minimum atomic E-state index is -3.53. The summed E-state index contributed by atoms with van der Waals surface area (Å²) in [7, 11) is -1.97. The third-order valence-corrected chi connectivity index (χ3v) is 6.57. The number of thiophene rings is 1. The van der Waals surface area contributed by atoms with Crippen molar-refractivity contribution < 1.29 is 13.5 Å². The van der Waals surface area contributed by atoms with Gasteiger partial charge in [-0.1, -0.05) is 12.1 Å². The van der Waals surface area contributed by atoms with Crippen molar-refractivity contribution in [3.8, 4) is 0 Å². The van der Waals surface area contributed by atoms with E-state index in [9.17, 15) is 13.5 Å². The molecule has 0 radical (unpaired) electrons. The Morgan fingerprint density at radius 1 is 1.33 bits per heavy atom. The number of rotatable bonds is 5. The third kappa shape index (κ3) is 3.92. The molecule has 0 aliphatic rings. The number of benzene rings is 1. The first-order valence-corrected chi connectivity index (χ1v) is 9.39. The Bertz CT molecular complexity index is 708. The van der Waals surface area contributed by atoms with Crippen LogP contribution < -0.4 is 0 Å². The van der Waals surface area contributed by atoms with Crippen molar-refractivity contribution >= 4 is 37.3 Å². The van der Waals surface area contributed by atoms with Gasteiger partial charge in [-0.15, -0.1) is 11.3 Å². The number of hydrogen-bond acceptors (Lipinski definition) is 4. The summed E-state index contributed by atoms with van der Waals surface area (Å²) >= 11 is 4.87. The predicted octanol–water partition coefficient (Wildman–Crippen LogP) is 3.38. The summed E-state index contributed by atoms with van der Waals surface area (Å²) in [4.78, 5) is 1.19. The molecule has 0 aliphatic heterocycles. The largest absolute Gasteiger partial charge is 0.389 e. The topological polar surface area (TPSA) is 57.6 Å². The van der Waals surface area contributed by atoms with Crippen molar-refractivity contribution in [1.82, 2.24) is 4.31 Å². The average molecular weight is 390 g/mol. The highest BCUT2D eigenvalue weighted by atomic mass is 79.9. The van der Waals surface area contributed by atoms with Crippen molar-refractivity contribution in [3.63, 3.8) is 0 Å². The molecule has 2 rings (SSSR count). The van der Waals surface area contributed by atoms with Gasteiger partial charge in [-0.05, 0) is 46.6 Å². The van der Waals surface area contributed by atoms with E-state index >= 15 is 0 Å². The van der Waals surface area contributed by atoms with Crippen LogP contribution in [0.25, 0.3) is 0 Å². The first kappa shape index (κ1) is 16.6. The van der Waals surface area contributed by atoms with Gasteiger partial charge in [0.15, 0.2) is 0 Å². The monoisotopic (exact) mass is 389 g/mol. The lowest BCUT2D eigenvalue weighted by Gasteiger charge is -2.16. The van der Waals surface area contributed by atoms with Crippen molar-refractivity contribution in [2.45, 2.75) is 24.5 Å². The lowest BCUT2D eigenvalue weighted by atomic mass is 10.1. The molecular weight excluding hydrogens is 374 g/mol. The van der Waals surface area contributed by atoms with Crippen molar-refractivity contribution in [3.05, 3.63) is 50.6 Å². The van der Waals surface area contributed by atoms with Crippen LogP contribution in [0.3, 0.4) is 0 Å². The molecular formula is C14H16BrNO3S2. The number of halogens is 1. The second-order valence-corrected chi connectivity index (χ2v) is 8.69. The van der Waals surface area contributed by atoms with Crippen LogP contribution in [-0.4, -0.2) is 24.9 Å². The minimum absolute atomic E-state index is 0.227. The van der Waals surface area contributed by atoms with Crippen LogP contribution in [0.4, 0.5) is 0 Å². The summed E-state index contributed by atoms with van der Waals surface area (Å²) in [6.45, 7) is 1.97. The molecule has 7 heteroatoms. The maximum absolute atomic E-state index is 12.5. The minimum Gasteiger partial charge on any atom is -0.389 e. The molecule has 1 unspecified atom stereocenters. The van der Waals surface area contributed by atoms with E-state index in [0.717, 1.165) is 9.35 Å². The molecule has 0 saturated heterocycles. The Morgan fingerprint density at radius 3 is 2.43 bits per heavy atom. The highest BCUT2D eigenvalue weighted by Crippen LogP contribution is 2.24. The number of aliphatic hydroxyl groups excluding tert-OH is 1. The molecule has 1 atom stereocenters. The first-order chi connectivity index (χ1) is 9.80. The van der Waals surface area contributed by atoms with Crippen LogP contribution in [0.1, 0.15) is 23.5 Å². The fourth-order valence-corrected chi connectivity index (χ4v) is 4.57. The lowest BCUT2D eigenvalue weighted by molar-refractivity contribution is 0.199. The fourth-order valence-electron chi connectivity index (χ4n) is 1.84. The predicted molar refractivity (Wildman–Crippen MR) is 87.7 cm³/mol. The van der Waals surface area contributed by atoms with Crippen molar-refractivity contribution in [2.75, 3.05) is 7.05 Å². The van der Waals surface area contributed by atoms with Crippen LogP contribution in [0.2, 0.25) is 0 Å². The Morgan fingerprint density at radius 2 is 1.95 bits per heavy atom. The van der Waals surface area contributed by atoms with Crippen molar-refractivity contribution in [2.24, 2.45) is 0 Å². The molecule has 1 N–H and O–H groups in total. The van der Waals surface area contributed by atoms with E-state index in [-0.39, 0.29) is 4.90 Å². The number of nitrogens with zero attached hydrogens (tertiary/aromatic N) is 1. The molecule has 1 heterocycles. The van der Waals surface area contributed by atoms with Crippen LogP contribution in [-0.2, 0) is 16.6 Å². The Hall–Kier alpha value is -0.730. The molecule has 2 aromatic rings. The molecule has 114 valence electrons. The van der Waals surface area contributed by atoms with E-state index in [0.29, 0.717) is 12.1 Å². The zero-order valence-corrected chi connectivity index (χ0v) is 14.9. The van der Waals surface area contributed by atoms with Gasteiger partial charge in [0, 0.05) is 28.3 Å². The first-order valence-electron chi connectivity index (χ1n) is 6.28. The number of sulfonamides is 1. The van der Waals surface area contributed by atoms with Gasteiger partial charge in [0.05, 0.1) is 11.0 Å². The molecule has 0 bridgehead atoms. The standard InChI is InChI=1S/C14H16BrNO3S2/c1-10(17)11-3-5-14(6-4-11)21(18,19)16(2)8-13-7-12(15)9-20-13/h3-7,9-10,17H,8H2,1-2H3. The Kier molecular flexibility index (Phi) is 5.21. The van der Waals surface area contributed by atoms with Gasteiger partial charge in [-0.25, -0.2) is 8.42 Å². The zero-order valence-electron chi connectivity index (χ0n) is 11.7. The molecule has 4 nitrogen and oxygen atoms in total. The summed E-state index contributed by atoms with van der Waals surface area (Å²) in [5.74, 6) is 0. The molecule has 1 aromatic carbocycles. The van der Waals surface area contributed by atoms with Gasteiger partial charge in [0.1, 0.15) is 0 Å². The summed E-state index contributed by atoms with van der Waals surface area (Å²) in [5.41, 5.74) is 0.693. The fraction of sp³-hybridized carbons (Fsp3) is 0.286. The molecule has 0 fully saturated rings. The molecule has 21 heavy (non-hydrogen) atoms. The van der Waals surface area contributed by atoms with Gasteiger partial charge >= 0.3 is 0 Å². The summed E-state index contributed by atoms with van der Waals surface area (Å²) < 4.78 is 27.2. The van der Waals surface area contributed by atoms with Gasteiger partial charge in [0.2, 0.25) is 10.0 Å². The highest BCUT2D eigenvalue weighted by Gasteiger charge is 2.21. The van der Waals surface area contributed by atoms with Crippen LogP contribution in [0.15, 0.2) is 45.1 Å². The molecule has 0 aliphatic carbocycles. The van der Waals surface area contributed by atoms with Crippen LogP contribution in [0, 0.1) is 0 Å². The second kappa shape index (κ2) is 6.58. The Balaban J connectivity index is 2.20. The second-order valence-electron chi connectivity index (χ2n) is 4.74. The van der Waals surface area contributed by atoms with Gasteiger partial charge in [0.25, 0.3) is 0 Å². The smallest absolute Gasteiger partial charge is 0.243 e. The van der Waals surface area contributed by atoms with E-state index in [4.69, 9.17) is 0 Å². The Labute approximate surface area is 137 Å². The average Bonchev–Trinajstić information content (AvgIpc) is 2.84. The molecule has 0 amide bonds. The van der Waals surface area contributed by atoms with Gasteiger partial charge in [-0.3, -0.25) is 0 Å². The third-order valence-electron chi connectivity index (χ3n) is 3.07. The van der Waals surface area contributed by atoms with Crippen molar-refractivity contribution in [1.29, 1.82) is 0 Å². The van der Waals surface area contributed by atoms with Gasteiger partial charge in [-0.2, -0.15) is 4.31 Å². The zero-order chi connectivity index (χ0) is 15.6. The maximum Gasteiger partial charge on any atom is 0.243 e. The summed E-state index contributed by atoms with van der Waals surface area (Å²) in [6.07, 6.45) is -0.608. The maximum atomic E-state index is 12.5. The SMILES string of the molecule is CC(O)c1ccc(S(=O)(=O)N(C)Cc2cc(Br)cs2)cc1. The molecule has 0 saturated carbocycles. The van der Waals surface area contributed by atoms with E-state index in [1.807, 2.05) is 11.4 Å². The summed E-state index contributed by atoms with van der Waals surface area (Å²) in [6, 6.07) is 8.23. The quantitative estimate of drug-likeness (QED) is 0.852. The highest BCUT2D eigenvalue weighted by molar-refractivity contribution is 9.10. The molecule has 0 spiro atoms. The van der Waals surface area contributed by atoms with Crippen LogP contribution >= 0.6 is 27.3 Å². The van der Waals surface area contributed by atoms with Gasteiger partial charge < -0.3 is 5.11 Å². The van der Waals surface area contributed by atoms with E-state index in [2.05, 4.69) is 15.9 Å². The molecule has 1 aromatic heterocycles.